The summed E-state index contributed by atoms with van der Waals surface area (Å²) < 4.78 is 15.5. The minimum atomic E-state index is -0.429. The molecule has 3 amide bonds. The van der Waals surface area contributed by atoms with Crippen LogP contribution in [0.1, 0.15) is 12.0 Å². The summed E-state index contributed by atoms with van der Waals surface area (Å²) in [5, 5.41) is 2.32. The Morgan fingerprint density at radius 2 is 1.71 bits per heavy atom. The molecule has 1 heterocycles. The molecule has 9 heteroatoms. The zero-order chi connectivity index (χ0) is 22.4. The Bertz CT molecular complexity index is 1020. The van der Waals surface area contributed by atoms with Crippen LogP contribution in [0.3, 0.4) is 0 Å². The van der Waals surface area contributed by atoms with Crippen LogP contribution in [0.25, 0.3) is 6.08 Å². The first-order valence-corrected chi connectivity index (χ1v) is 10.2. The summed E-state index contributed by atoms with van der Waals surface area (Å²) in [6, 6.07) is 12.1. The Kier molecular flexibility index (Phi) is 7.19. The van der Waals surface area contributed by atoms with E-state index >= 15 is 0 Å². The average Bonchev–Trinajstić information content (AvgIpc) is 3.04. The third-order valence-electron chi connectivity index (χ3n) is 4.52. The van der Waals surface area contributed by atoms with Gasteiger partial charge in [0.1, 0.15) is 5.75 Å². The zero-order valence-corrected chi connectivity index (χ0v) is 18.2. The van der Waals surface area contributed by atoms with Gasteiger partial charge in [0.05, 0.1) is 26.2 Å². The molecule has 0 aromatic heterocycles. The van der Waals surface area contributed by atoms with E-state index in [0.717, 1.165) is 16.7 Å². The molecular weight excluding hydrogens is 420 g/mol. The van der Waals surface area contributed by atoms with Gasteiger partial charge in [0, 0.05) is 18.7 Å². The summed E-state index contributed by atoms with van der Waals surface area (Å²) in [7, 11) is 4.61. The van der Waals surface area contributed by atoms with E-state index in [1.165, 1.54) is 14.2 Å². The summed E-state index contributed by atoms with van der Waals surface area (Å²) in [6.45, 7) is -0.00404. The highest BCUT2D eigenvalue weighted by Gasteiger charge is 2.35. The molecule has 1 saturated heterocycles. The number of hydrogen-bond donors (Lipinski definition) is 1. The molecule has 0 unspecified atom stereocenters. The van der Waals surface area contributed by atoms with Gasteiger partial charge in [0.25, 0.3) is 11.1 Å². The molecule has 1 aliphatic rings. The smallest absolute Gasteiger partial charge is 0.293 e. The number of rotatable bonds is 8. The Balaban J connectivity index is 1.62. The van der Waals surface area contributed by atoms with E-state index in [1.807, 2.05) is 0 Å². The second kappa shape index (κ2) is 10.0. The fraction of sp³-hybridized carbons (Fsp3) is 0.227. The van der Waals surface area contributed by atoms with Crippen molar-refractivity contribution in [1.82, 2.24) is 4.90 Å². The van der Waals surface area contributed by atoms with Crippen LogP contribution in [0.4, 0.5) is 10.5 Å². The van der Waals surface area contributed by atoms with E-state index in [0.29, 0.717) is 28.5 Å². The molecule has 2 aromatic carbocycles. The molecule has 0 bridgehead atoms. The maximum Gasteiger partial charge on any atom is 0.293 e. The molecule has 1 fully saturated rings. The molecule has 0 atom stereocenters. The SMILES string of the molecule is COc1ccc(NC(=O)CCN2C(=O)S/C(=C/c3ccc(OC)c(OC)c3)C2=O)cc1. The second-order valence-electron chi connectivity index (χ2n) is 6.47. The number of carbonyl (C=O) groups excluding carboxylic acids is 3. The fourth-order valence-corrected chi connectivity index (χ4v) is 3.76. The first kappa shape index (κ1) is 22.2. The monoisotopic (exact) mass is 442 g/mol. The quantitative estimate of drug-likeness (QED) is 0.622. The van der Waals surface area contributed by atoms with Crippen LogP contribution in [-0.2, 0) is 9.59 Å². The number of amides is 3. The molecule has 0 aliphatic carbocycles. The lowest BCUT2D eigenvalue weighted by atomic mass is 10.2. The number of benzene rings is 2. The van der Waals surface area contributed by atoms with Crippen molar-refractivity contribution in [2.24, 2.45) is 0 Å². The number of carbonyl (C=O) groups is 3. The fourth-order valence-electron chi connectivity index (χ4n) is 2.90. The van der Waals surface area contributed by atoms with Crippen LogP contribution < -0.4 is 19.5 Å². The van der Waals surface area contributed by atoms with Crippen LogP contribution in [0.2, 0.25) is 0 Å². The van der Waals surface area contributed by atoms with Gasteiger partial charge in [-0.2, -0.15) is 0 Å². The predicted molar refractivity (Wildman–Crippen MR) is 118 cm³/mol. The van der Waals surface area contributed by atoms with Gasteiger partial charge in [0.15, 0.2) is 11.5 Å². The number of thioether (sulfide) groups is 1. The predicted octanol–water partition coefficient (Wildman–Crippen LogP) is 3.78. The Morgan fingerprint density at radius 1 is 1.00 bits per heavy atom. The molecule has 1 aliphatic heterocycles. The van der Waals surface area contributed by atoms with Crippen molar-refractivity contribution in [2.75, 3.05) is 33.2 Å². The maximum atomic E-state index is 12.7. The van der Waals surface area contributed by atoms with Crippen LogP contribution in [0, 0.1) is 0 Å². The highest BCUT2D eigenvalue weighted by Crippen LogP contribution is 2.34. The number of ether oxygens (including phenoxy) is 3. The number of hydrogen-bond acceptors (Lipinski definition) is 7. The lowest BCUT2D eigenvalue weighted by Crippen LogP contribution is -2.31. The summed E-state index contributed by atoms with van der Waals surface area (Å²) in [4.78, 5) is 38.5. The van der Waals surface area contributed by atoms with Gasteiger partial charge < -0.3 is 19.5 Å². The second-order valence-corrected chi connectivity index (χ2v) is 7.47. The highest BCUT2D eigenvalue weighted by molar-refractivity contribution is 8.18. The van der Waals surface area contributed by atoms with Gasteiger partial charge >= 0.3 is 0 Å². The van der Waals surface area contributed by atoms with E-state index in [-0.39, 0.29) is 23.8 Å². The molecule has 3 rings (SSSR count). The topological polar surface area (TPSA) is 94.2 Å². The van der Waals surface area contributed by atoms with Crippen molar-refractivity contribution in [3.63, 3.8) is 0 Å². The molecular formula is C22H22N2O6S. The summed E-state index contributed by atoms with van der Waals surface area (Å²) in [5.74, 6) is 1.04. The van der Waals surface area contributed by atoms with Gasteiger partial charge in [-0.05, 0) is 59.8 Å². The number of nitrogens with one attached hydrogen (secondary N) is 1. The van der Waals surface area contributed by atoms with Crippen molar-refractivity contribution in [3.8, 4) is 17.2 Å². The lowest BCUT2D eigenvalue weighted by Gasteiger charge is -2.12. The van der Waals surface area contributed by atoms with E-state index in [9.17, 15) is 14.4 Å². The van der Waals surface area contributed by atoms with E-state index in [1.54, 1.807) is 55.7 Å². The van der Waals surface area contributed by atoms with Crippen molar-refractivity contribution < 1.29 is 28.6 Å². The largest absolute Gasteiger partial charge is 0.497 e. The Hall–Kier alpha value is -3.46. The van der Waals surface area contributed by atoms with Crippen molar-refractivity contribution in [2.45, 2.75) is 6.42 Å². The molecule has 31 heavy (non-hydrogen) atoms. The molecule has 1 N–H and O–H groups in total. The first-order chi connectivity index (χ1) is 14.9. The first-order valence-electron chi connectivity index (χ1n) is 9.36. The van der Waals surface area contributed by atoms with Crippen LogP contribution in [-0.4, -0.2) is 49.8 Å². The van der Waals surface area contributed by atoms with E-state index in [2.05, 4.69) is 5.32 Å². The summed E-state index contributed by atoms with van der Waals surface area (Å²) in [6.07, 6.45) is 1.61. The van der Waals surface area contributed by atoms with Crippen LogP contribution in [0.15, 0.2) is 47.4 Å². The van der Waals surface area contributed by atoms with Crippen molar-refractivity contribution in [1.29, 1.82) is 0 Å². The summed E-state index contributed by atoms with van der Waals surface area (Å²) in [5.41, 5.74) is 1.30. The molecule has 0 saturated carbocycles. The lowest BCUT2D eigenvalue weighted by molar-refractivity contribution is -0.123. The van der Waals surface area contributed by atoms with Crippen molar-refractivity contribution in [3.05, 3.63) is 52.9 Å². The van der Waals surface area contributed by atoms with Gasteiger partial charge in [-0.1, -0.05) is 6.07 Å². The Morgan fingerprint density at radius 3 is 2.35 bits per heavy atom. The van der Waals surface area contributed by atoms with E-state index in [4.69, 9.17) is 14.2 Å². The van der Waals surface area contributed by atoms with Gasteiger partial charge in [0.2, 0.25) is 5.91 Å². The van der Waals surface area contributed by atoms with Crippen LogP contribution in [0.5, 0.6) is 17.2 Å². The molecule has 2 aromatic rings. The maximum absolute atomic E-state index is 12.7. The van der Waals surface area contributed by atoms with Gasteiger partial charge in [-0.3, -0.25) is 19.3 Å². The van der Waals surface area contributed by atoms with Crippen LogP contribution >= 0.6 is 11.8 Å². The average molecular weight is 442 g/mol. The highest BCUT2D eigenvalue weighted by atomic mass is 32.2. The normalized spacial score (nSPS) is 14.7. The molecule has 0 radical (unpaired) electrons. The standard InChI is InChI=1S/C22H22N2O6S/c1-28-16-7-5-15(6-8-16)23-20(25)10-11-24-21(26)19(31-22(24)27)13-14-4-9-17(29-2)18(12-14)30-3/h4-9,12-13H,10-11H2,1-3H3,(H,23,25)/b19-13+. The number of nitrogens with zero attached hydrogens (tertiary/aromatic N) is 1. The molecule has 0 spiro atoms. The summed E-state index contributed by atoms with van der Waals surface area (Å²) >= 11 is 0.841. The minimum absolute atomic E-state index is 0.00404. The minimum Gasteiger partial charge on any atom is -0.497 e. The zero-order valence-electron chi connectivity index (χ0n) is 17.3. The number of methoxy groups -OCH3 is 3. The van der Waals surface area contributed by atoms with E-state index < -0.39 is 11.1 Å². The van der Waals surface area contributed by atoms with Gasteiger partial charge in [-0.15, -0.1) is 0 Å². The molecule has 162 valence electrons. The van der Waals surface area contributed by atoms with Gasteiger partial charge in [-0.25, -0.2) is 0 Å². The third kappa shape index (κ3) is 5.37. The number of anilines is 1. The van der Waals surface area contributed by atoms with Crippen molar-refractivity contribution >= 4 is 40.6 Å². The number of imide groups is 1. The molecule has 8 nitrogen and oxygen atoms in total. The Labute approximate surface area is 184 Å². The third-order valence-corrected chi connectivity index (χ3v) is 5.42.